The predicted octanol–water partition coefficient (Wildman–Crippen LogP) is 8.09. The standard InChI is InChI=1S/C29H32O/c1-3-4-23-7-9-24(10-8-23)21-30-29-19-17-28(18-20-29)27-15-13-26(14-16-27)25-11-5-22(2)6-12-25/h5-7,9,11-20,23-24H,3-4,8,10,21H2,1-2H3. The first-order chi connectivity index (χ1) is 14.7. The molecule has 0 heterocycles. The van der Waals surface area contributed by atoms with Crippen molar-refractivity contribution < 1.29 is 4.74 Å². The van der Waals surface area contributed by atoms with E-state index in [0.717, 1.165) is 18.3 Å². The third-order valence-corrected chi connectivity index (χ3v) is 6.14. The molecule has 0 aliphatic heterocycles. The van der Waals surface area contributed by atoms with E-state index in [-0.39, 0.29) is 0 Å². The van der Waals surface area contributed by atoms with Gasteiger partial charge in [-0.3, -0.25) is 0 Å². The number of aryl methyl sites for hydroxylation is 1. The molecule has 3 aromatic carbocycles. The molecule has 0 bridgehead atoms. The van der Waals surface area contributed by atoms with Crippen LogP contribution in [-0.4, -0.2) is 6.61 Å². The fourth-order valence-corrected chi connectivity index (χ4v) is 4.23. The van der Waals surface area contributed by atoms with Crippen molar-refractivity contribution in [3.8, 4) is 28.0 Å². The van der Waals surface area contributed by atoms with E-state index in [1.807, 2.05) is 0 Å². The lowest BCUT2D eigenvalue weighted by atomic mass is 9.86. The maximum Gasteiger partial charge on any atom is 0.119 e. The second-order valence-electron chi connectivity index (χ2n) is 8.55. The minimum absolute atomic E-state index is 0.548. The van der Waals surface area contributed by atoms with Gasteiger partial charge in [0.2, 0.25) is 0 Å². The van der Waals surface area contributed by atoms with Crippen LogP contribution in [0.1, 0.15) is 38.2 Å². The highest BCUT2D eigenvalue weighted by molar-refractivity contribution is 5.70. The van der Waals surface area contributed by atoms with Gasteiger partial charge in [0.25, 0.3) is 0 Å². The Labute approximate surface area is 181 Å². The minimum atomic E-state index is 0.548. The molecule has 4 rings (SSSR count). The maximum absolute atomic E-state index is 6.07. The molecule has 1 heteroatoms. The van der Waals surface area contributed by atoms with Crippen molar-refractivity contribution in [2.45, 2.75) is 39.5 Å². The Bertz CT molecular complexity index is 949. The molecule has 1 aliphatic carbocycles. The Hall–Kier alpha value is -2.80. The van der Waals surface area contributed by atoms with Crippen LogP contribution in [0.5, 0.6) is 5.75 Å². The first kappa shape index (κ1) is 20.5. The highest BCUT2D eigenvalue weighted by Gasteiger charge is 2.15. The molecule has 0 saturated carbocycles. The van der Waals surface area contributed by atoms with E-state index in [2.05, 4.69) is 98.8 Å². The van der Waals surface area contributed by atoms with Gasteiger partial charge in [-0.05, 0) is 66.5 Å². The smallest absolute Gasteiger partial charge is 0.119 e. The summed E-state index contributed by atoms with van der Waals surface area (Å²) in [5.41, 5.74) is 6.25. The van der Waals surface area contributed by atoms with Gasteiger partial charge >= 0.3 is 0 Å². The largest absolute Gasteiger partial charge is 0.493 e. The molecular formula is C29H32O. The molecule has 2 atom stereocenters. The molecule has 0 amide bonds. The summed E-state index contributed by atoms with van der Waals surface area (Å²) in [4.78, 5) is 0. The monoisotopic (exact) mass is 396 g/mol. The molecule has 0 aromatic heterocycles. The summed E-state index contributed by atoms with van der Waals surface area (Å²) in [5.74, 6) is 2.29. The third kappa shape index (κ3) is 5.21. The van der Waals surface area contributed by atoms with Crippen LogP contribution in [0.25, 0.3) is 22.3 Å². The number of hydrogen-bond acceptors (Lipinski definition) is 1. The Morgan fingerprint density at radius 1 is 0.667 bits per heavy atom. The molecule has 0 saturated heterocycles. The van der Waals surface area contributed by atoms with Crippen LogP contribution in [0.3, 0.4) is 0 Å². The van der Waals surface area contributed by atoms with E-state index in [1.54, 1.807) is 0 Å². The lowest BCUT2D eigenvalue weighted by Gasteiger charge is -2.22. The average Bonchev–Trinajstić information content (AvgIpc) is 2.80. The molecule has 3 aromatic rings. The summed E-state index contributed by atoms with van der Waals surface area (Å²) < 4.78 is 6.07. The molecule has 30 heavy (non-hydrogen) atoms. The normalized spacial score (nSPS) is 18.3. The van der Waals surface area contributed by atoms with Crippen LogP contribution in [0, 0.1) is 18.8 Å². The van der Waals surface area contributed by atoms with E-state index in [9.17, 15) is 0 Å². The minimum Gasteiger partial charge on any atom is -0.493 e. The summed E-state index contributed by atoms with van der Waals surface area (Å²) in [6, 6.07) is 26.0. The summed E-state index contributed by atoms with van der Waals surface area (Å²) in [6.07, 6.45) is 9.91. The van der Waals surface area contributed by atoms with Gasteiger partial charge < -0.3 is 4.74 Å². The Kier molecular flexibility index (Phi) is 6.69. The Morgan fingerprint density at radius 3 is 1.63 bits per heavy atom. The molecule has 1 nitrogen and oxygen atoms in total. The van der Waals surface area contributed by atoms with Gasteiger partial charge in [0.15, 0.2) is 0 Å². The molecular weight excluding hydrogens is 364 g/mol. The quantitative estimate of drug-likeness (QED) is 0.367. The average molecular weight is 397 g/mol. The fraction of sp³-hybridized carbons (Fsp3) is 0.310. The second kappa shape index (κ2) is 9.80. The molecule has 0 spiro atoms. The number of ether oxygens (including phenoxy) is 1. The van der Waals surface area contributed by atoms with Gasteiger partial charge in [0.1, 0.15) is 5.75 Å². The van der Waals surface area contributed by atoms with Gasteiger partial charge in [-0.25, -0.2) is 0 Å². The van der Waals surface area contributed by atoms with Gasteiger partial charge in [-0.15, -0.1) is 0 Å². The van der Waals surface area contributed by atoms with Crippen LogP contribution in [-0.2, 0) is 0 Å². The maximum atomic E-state index is 6.07. The van der Waals surface area contributed by atoms with E-state index < -0.39 is 0 Å². The lowest BCUT2D eigenvalue weighted by molar-refractivity contribution is 0.254. The van der Waals surface area contributed by atoms with Crippen LogP contribution in [0.15, 0.2) is 84.9 Å². The fourth-order valence-electron chi connectivity index (χ4n) is 4.23. The number of allylic oxidation sites excluding steroid dienone is 1. The Balaban J connectivity index is 1.34. The zero-order valence-electron chi connectivity index (χ0n) is 18.2. The number of benzene rings is 3. The lowest BCUT2D eigenvalue weighted by Crippen LogP contribution is -2.15. The summed E-state index contributed by atoms with van der Waals surface area (Å²) in [5, 5.41) is 0. The first-order valence-corrected chi connectivity index (χ1v) is 11.3. The number of hydrogen-bond donors (Lipinski definition) is 0. The van der Waals surface area contributed by atoms with Crippen molar-refractivity contribution in [3.05, 3.63) is 90.5 Å². The van der Waals surface area contributed by atoms with Crippen LogP contribution in [0.2, 0.25) is 0 Å². The molecule has 2 unspecified atom stereocenters. The topological polar surface area (TPSA) is 9.23 Å². The molecule has 0 radical (unpaired) electrons. The Morgan fingerprint density at radius 2 is 1.13 bits per heavy atom. The highest BCUT2D eigenvalue weighted by atomic mass is 16.5. The van der Waals surface area contributed by atoms with Gasteiger partial charge in [-0.2, -0.15) is 0 Å². The summed E-state index contributed by atoms with van der Waals surface area (Å²) >= 11 is 0. The van der Waals surface area contributed by atoms with Crippen LogP contribution >= 0.6 is 0 Å². The predicted molar refractivity (Wildman–Crippen MR) is 128 cm³/mol. The summed E-state index contributed by atoms with van der Waals surface area (Å²) in [6.45, 7) is 5.17. The molecule has 1 aliphatic rings. The molecule has 0 N–H and O–H groups in total. The number of rotatable bonds is 7. The van der Waals surface area contributed by atoms with E-state index in [0.29, 0.717) is 5.92 Å². The molecule has 0 fully saturated rings. The third-order valence-electron chi connectivity index (χ3n) is 6.14. The van der Waals surface area contributed by atoms with E-state index >= 15 is 0 Å². The molecule has 154 valence electrons. The van der Waals surface area contributed by atoms with Crippen molar-refractivity contribution in [2.24, 2.45) is 11.8 Å². The van der Waals surface area contributed by atoms with Crippen LogP contribution < -0.4 is 4.74 Å². The van der Waals surface area contributed by atoms with Gasteiger partial charge in [0.05, 0.1) is 6.61 Å². The van der Waals surface area contributed by atoms with Gasteiger partial charge in [0, 0.05) is 5.92 Å². The van der Waals surface area contributed by atoms with Gasteiger partial charge in [-0.1, -0.05) is 91.7 Å². The zero-order valence-corrected chi connectivity index (χ0v) is 18.2. The SMILES string of the molecule is CCCC1C=CC(COc2ccc(-c3ccc(-c4ccc(C)cc4)cc3)cc2)CC1. The van der Waals surface area contributed by atoms with Crippen LogP contribution in [0.4, 0.5) is 0 Å². The summed E-state index contributed by atoms with van der Waals surface area (Å²) in [7, 11) is 0. The first-order valence-electron chi connectivity index (χ1n) is 11.3. The van der Waals surface area contributed by atoms with E-state index in [1.165, 1.54) is 53.5 Å². The van der Waals surface area contributed by atoms with Crippen molar-refractivity contribution in [1.29, 1.82) is 0 Å². The highest BCUT2D eigenvalue weighted by Crippen LogP contribution is 2.28. The van der Waals surface area contributed by atoms with Crippen molar-refractivity contribution >= 4 is 0 Å². The van der Waals surface area contributed by atoms with Crippen molar-refractivity contribution in [2.75, 3.05) is 6.61 Å². The van der Waals surface area contributed by atoms with Crippen molar-refractivity contribution in [3.63, 3.8) is 0 Å². The van der Waals surface area contributed by atoms with E-state index in [4.69, 9.17) is 4.74 Å². The van der Waals surface area contributed by atoms with Crippen molar-refractivity contribution in [1.82, 2.24) is 0 Å². The zero-order chi connectivity index (χ0) is 20.8. The second-order valence-corrected chi connectivity index (χ2v) is 8.55.